The quantitative estimate of drug-likeness (QED) is 0.650. The minimum atomic E-state index is -2.04. The van der Waals surface area contributed by atoms with Crippen LogP contribution in [0, 0.1) is 0 Å². The molecule has 0 saturated heterocycles. The number of rotatable bonds is 3. The molecule has 1 aromatic rings. The molecule has 5 nitrogen and oxygen atoms in total. The smallest absolute Gasteiger partial charge is 0.337 e. The number of benzene rings is 1. The second-order valence-electron chi connectivity index (χ2n) is 4.29. The maximum absolute atomic E-state index is 12.2. The Morgan fingerprint density at radius 1 is 1.47 bits per heavy atom. The third kappa shape index (κ3) is 1.74. The van der Waals surface area contributed by atoms with Crippen molar-refractivity contribution in [3.8, 4) is 0 Å². The van der Waals surface area contributed by atoms with E-state index >= 15 is 0 Å². The van der Waals surface area contributed by atoms with Gasteiger partial charge in [-0.1, -0.05) is 24.8 Å². The summed E-state index contributed by atoms with van der Waals surface area (Å²) in [5, 5.41) is 10.7. The van der Waals surface area contributed by atoms with Gasteiger partial charge in [0.15, 0.2) is 0 Å². The molecule has 19 heavy (non-hydrogen) atoms. The summed E-state index contributed by atoms with van der Waals surface area (Å²) >= 11 is 0. The van der Waals surface area contributed by atoms with Gasteiger partial charge in [-0.25, -0.2) is 4.79 Å². The Kier molecular flexibility index (Phi) is 3.16. The van der Waals surface area contributed by atoms with Crippen molar-refractivity contribution in [1.29, 1.82) is 0 Å². The molecule has 0 unspecified atom stereocenters. The molecule has 100 valence electrons. The van der Waals surface area contributed by atoms with Crippen LogP contribution in [0.25, 0.3) is 0 Å². The third-order valence-corrected chi connectivity index (χ3v) is 3.23. The Labute approximate surface area is 111 Å². The molecule has 0 bridgehead atoms. The van der Waals surface area contributed by atoms with E-state index in [2.05, 4.69) is 6.58 Å². The highest BCUT2D eigenvalue weighted by Gasteiger charge is 2.52. The number of amides is 1. The molecule has 1 heterocycles. The molecular formula is C14H15NO4. The van der Waals surface area contributed by atoms with E-state index in [-0.39, 0.29) is 12.2 Å². The number of carbonyl (C=O) groups is 2. The average molecular weight is 261 g/mol. The van der Waals surface area contributed by atoms with Crippen LogP contribution in [0.15, 0.2) is 36.4 Å². The van der Waals surface area contributed by atoms with Gasteiger partial charge in [-0.2, -0.15) is 0 Å². The van der Waals surface area contributed by atoms with E-state index in [1.165, 1.54) is 11.9 Å². The lowest BCUT2D eigenvalue weighted by Crippen LogP contribution is -2.42. The predicted molar refractivity (Wildman–Crippen MR) is 69.5 cm³/mol. The molecular weight excluding hydrogens is 246 g/mol. The highest BCUT2D eigenvalue weighted by atomic mass is 16.5. The highest BCUT2D eigenvalue weighted by Crippen LogP contribution is 2.43. The number of aliphatic hydroxyl groups is 1. The van der Waals surface area contributed by atoms with Crippen molar-refractivity contribution in [2.75, 3.05) is 18.6 Å². The first-order valence-electron chi connectivity index (χ1n) is 5.91. The minimum absolute atomic E-state index is 0.152. The fourth-order valence-corrected chi connectivity index (χ4v) is 2.20. The molecule has 0 radical (unpaired) electrons. The Balaban J connectivity index is 2.52. The molecule has 1 N–H and O–H groups in total. The van der Waals surface area contributed by atoms with Gasteiger partial charge in [0.05, 0.1) is 17.9 Å². The summed E-state index contributed by atoms with van der Waals surface area (Å²) in [6.45, 7) is 5.34. The summed E-state index contributed by atoms with van der Waals surface area (Å²) in [6, 6.07) is 6.74. The molecule has 1 aromatic carbocycles. The van der Waals surface area contributed by atoms with Gasteiger partial charge in [0.25, 0.3) is 5.91 Å². The fraction of sp³-hybridized carbons (Fsp3) is 0.286. The number of hydrogen-bond donors (Lipinski definition) is 1. The first-order valence-corrected chi connectivity index (χ1v) is 5.91. The predicted octanol–water partition coefficient (Wildman–Crippen LogP) is 0.970. The van der Waals surface area contributed by atoms with Crippen molar-refractivity contribution in [2.45, 2.75) is 12.5 Å². The lowest BCUT2D eigenvalue weighted by molar-refractivity contribution is -0.145. The Hall–Kier alpha value is -2.14. The molecule has 1 atom stereocenters. The topological polar surface area (TPSA) is 66.8 Å². The Bertz CT molecular complexity index is 566. The summed E-state index contributed by atoms with van der Waals surface area (Å²) in [5.74, 6) is -1.38. The van der Waals surface area contributed by atoms with Gasteiger partial charge in [-0.05, 0) is 13.0 Å². The number of hydrogen-bond acceptors (Lipinski definition) is 4. The van der Waals surface area contributed by atoms with Crippen molar-refractivity contribution >= 4 is 17.6 Å². The molecule has 0 aliphatic carbocycles. The molecule has 0 fully saturated rings. The molecule has 1 amide bonds. The van der Waals surface area contributed by atoms with E-state index in [0.29, 0.717) is 11.3 Å². The van der Waals surface area contributed by atoms with Crippen LogP contribution in [0.5, 0.6) is 0 Å². The molecule has 1 aliphatic rings. The van der Waals surface area contributed by atoms with E-state index in [9.17, 15) is 14.7 Å². The average Bonchev–Trinajstić information content (AvgIpc) is 2.62. The van der Waals surface area contributed by atoms with Gasteiger partial charge in [0.1, 0.15) is 0 Å². The lowest BCUT2D eigenvalue weighted by atomic mass is 9.88. The second kappa shape index (κ2) is 4.51. The minimum Gasteiger partial charge on any atom is -0.463 e. The number of likely N-dealkylation sites (N-methyl/N-ethyl adjacent to an activating group) is 1. The molecule has 1 aliphatic heterocycles. The summed E-state index contributed by atoms with van der Waals surface area (Å²) < 4.78 is 4.81. The zero-order valence-corrected chi connectivity index (χ0v) is 10.8. The van der Waals surface area contributed by atoms with Gasteiger partial charge >= 0.3 is 5.97 Å². The zero-order valence-electron chi connectivity index (χ0n) is 10.8. The first kappa shape index (κ1) is 13.3. The zero-order chi connectivity index (χ0) is 14.2. The van der Waals surface area contributed by atoms with Crippen molar-refractivity contribution in [3.05, 3.63) is 42.0 Å². The van der Waals surface area contributed by atoms with Gasteiger partial charge < -0.3 is 14.7 Å². The van der Waals surface area contributed by atoms with E-state index in [4.69, 9.17) is 4.74 Å². The SMILES string of the molecule is C=C(C(=O)OCC)[C@@]1(O)C(=O)N(C)c2ccccc21. The number of ether oxygens (including phenoxy) is 1. The Morgan fingerprint density at radius 2 is 2.11 bits per heavy atom. The van der Waals surface area contributed by atoms with Crippen molar-refractivity contribution in [1.82, 2.24) is 0 Å². The van der Waals surface area contributed by atoms with Crippen molar-refractivity contribution in [3.63, 3.8) is 0 Å². The van der Waals surface area contributed by atoms with Crippen LogP contribution in [0.4, 0.5) is 5.69 Å². The number of carbonyl (C=O) groups excluding carboxylic acids is 2. The maximum Gasteiger partial charge on any atom is 0.337 e. The summed E-state index contributed by atoms with van der Waals surface area (Å²) in [5.41, 5.74) is -1.41. The van der Waals surface area contributed by atoms with E-state index < -0.39 is 17.5 Å². The second-order valence-corrected chi connectivity index (χ2v) is 4.29. The van der Waals surface area contributed by atoms with Crippen LogP contribution < -0.4 is 4.90 Å². The lowest BCUT2D eigenvalue weighted by Gasteiger charge is -2.22. The van der Waals surface area contributed by atoms with Gasteiger partial charge in [0, 0.05) is 12.6 Å². The maximum atomic E-state index is 12.2. The largest absolute Gasteiger partial charge is 0.463 e. The normalized spacial score (nSPS) is 21.2. The third-order valence-electron chi connectivity index (χ3n) is 3.23. The number of nitrogens with zero attached hydrogens (tertiary/aromatic N) is 1. The van der Waals surface area contributed by atoms with E-state index in [0.717, 1.165) is 0 Å². The van der Waals surface area contributed by atoms with Crippen LogP contribution in [0.1, 0.15) is 12.5 Å². The molecule has 0 aromatic heterocycles. The molecule has 0 saturated carbocycles. The summed E-state index contributed by atoms with van der Waals surface area (Å²) in [7, 11) is 1.54. The molecule has 0 spiro atoms. The molecule has 2 rings (SSSR count). The van der Waals surface area contributed by atoms with Gasteiger partial charge in [-0.3, -0.25) is 4.79 Å². The number of fused-ring (bicyclic) bond motifs is 1. The number of esters is 1. The monoisotopic (exact) mass is 261 g/mol. The highest BCUT2D eigenvalue weighted by molar-refractivity contribution is 6.13. The first-order chi connectivity index (χ1) is 8.94. The van der Waals surface area contributed by atoms with Gasteiger partial charge in [0.2, 0.25) is 5.60 Å². The fourth-order valence-electron chi connectivity index (χ4n) is 2.20. The standard InChI is InChI=1S/C14H15NO4/c1-4-19-12(16)9(2)14(18)10-7-5-6-8-11(10)15(3)13(14)17/h5-8,18H,2,4H2,1,3H3/t14-/m0/s1. The number of anilines is 1. The van der Waals surface area contributed by atoms with Crippen LogP contribution in [-0.4, -0.2) is 30.6 Å². The Morgan fingerprint density at radius 3 is 2.74 bits per heavy atom. The molecule has 5 heteroatoms. The van der Waals surface area contributed by atoms with Crippen LogP contribution >= 0.6 is 0 Å². The van der Waals surface area contributed by atoms with Gasteiger partial charge in [-0.15, -0.1) is 0 Å². The van der Waals surface area contributed by atoms with Crippen molar-refractivity contribution < 1.29 is 19.4 Å². The summed E-state index contributed by atoms with van der Waals surface area (Å²) in [4.78, 5) is 25.3. The van der Waals surface area contributed by atoms with E-state index in [1.807, 2.05) is 0 Å². The van der Waals surface area contributed by atoms with Crippen molar-refractivity contribution in [2.24, 2.45) is 0 Å². The van der Waals surface area contributed by atoms with Crippen LogP contribution in [0.3, 0.4) is 0 Å². The van der Waals surface area contributed by atoms with E-state index in [1.54, 1.807) is 31.2 Å². The summed E-state index contributed by atoms with van der Waals surface area (Å²) in [6.07, 6.45) is 0. The van der Waals surface area contributed by atoms with Crippen LogP contribution in [-0.2, 0) is 19.9 Å². The number of para-hydroxylation sites is 1. The van der Waals surface area contributed by atoms with Crippen LogP contribution in [0.2, 0.25) is 0 Å².